The van der Waals surface area contributed by atoms with E-state index in [0.29, 0.717) is 24.3 Å². The van der Waals surface area contributed by atoms with E-state index in [1.807, 2.05) is 0 Å². The maximum atomic E-state index is 6.03. The Morgan fingerprint density at radius 3 is 2.43 bits per heavy atom. The molecule has 0 radical (unpaired) electrons. The predicted octanol–water partition coefficient (Wildman–Crippen LogP) is 1.32. The summed E-state index contributed by atoms with van der Waals surface area (Å²) < 4.78 is 11.3. The third-order valence-electron chi connectivity index (χ3n) is 3.07. The summed E-state index contributed by atoms with van der Waals surface area (Å²) in [5.41, 5.74) is 0. The molecule has 0 spiro atoms. The minimum atomic E-state index is 0.359. The van der Waals surface area contributed by atoms with E-state index in [0.717, 1.165) is 32.5 Å². The molecule has 2 aliphatic rings. The molecule has 0 aromatic heterocycles. The van der Waals surface area contributed by atoms with Gasteiger partial charge in [0.2, 0.25) is 0 Å². The zero-order chi connectivity index (χ0) is 9.97. The minimum absolute atomic E-state index is 0.359. The van der Waals surface area contributed by atoms with Crippen LogP contribution in [0, 0.1) is 0 Å². The molecule has 2 heterocycles. The molecule has 82 valence electrons. The maximum absolute atomic E-state index is 6.03. The molecule has 0 aromatic rings. The third-order valence-corrected chi connectivity index (χ3v) is 3.07. The Morgan fingerprint density at radius 1 is 1.14 bits per heavy atom. The Balaban J connectivity index is 1.78. The standard InChI is InChI=1S/C11H21NO2/c1-8-5-11(6-9(2)12-8)14-10-3-4-13-7-10/h8-12H,3-7H2,1-2H3. The van der Waals surface area contributed by atoms with Crippen LogP contribution in [0.3, 0.4) is 0 Å². The van der Waals surface area contributed by atoms with Crippen LogP contribution in [0.15, 0.2) is 0 Å². The molecule has 2 saturated heterocycles. The fourth-order valence-corrected chi connectivity index (χ4v) is 2.51. The van der Waals surface area contributed by atoms with Gasteiger partial charge >= 0.3 is 0 Å². The van der Waals surface area contributed by atoms with Gasteiger partial charge < -0.3 is 14.8 Å². The first kappa shape index (κ1) is 10.4. The monoisotopic (exact) mass is 199 g/mol. The van der Waals surface area contributed by atoms with Crippen LogP contribution >= 0.6 is 0 Å². The van der Waals surface area contributed by atoms with Gasteiger partial charge in [-0.15, -0.1) is 0 Å². The van der Waals surface area contributed by atoms with Gasteiger partial charge in [-0.05, 0) is 33.1 Å². The number of rotatable bonds is 2. The highest BCUT2D eigenvalue weighted by atomic mass is 16.5. The van der Waals surface area contributed by atoms with Crippen molar-refractivity contribution in [3.63, 3.8) is 0 Å². The summed E-state index contributed by atoms with van der Waals surface area (Å²) in [4.78, 5) is 0. The van der Waals surface area contributed by atoms with Gasteiger partial charge in [-0.1, -0.05) is 0 Å². The lowest BCUT2D eigenvalue weighted by molar-refractivity contribution is -0.0412. The molecule has 0 saturated carbocycles. The van der Waals surface area contributed by atoms with Crippen molar-refractivity contribution in [3.8, 4) is 0 Å². The van der Waals surface area contributed by atoms with Gasteiger partial charge in [0.25, 0.3) is 0 Å². The second kappa shape index (κ2) is 4.60. The molecule has 0 amide bonds. The number of piperidine rings is 1. The van der Waals surface area contributed by atoms with Gasteiger partial charge in [-0.25, -0.2) is 0 Å². The minimum Gasteiger partial charge on any atom is -0.379 e. The topological polar surface area (TPSA) is 30.5 Å². The van der Waals surface area contributed by atoms with Gasteiger partial charge in [-0.2, -0.15) is 0 Å². The molecule has 3 unspecified atom stereocenters. The molecule has 1 N–H and O–H groups in total. The molecular formula is C11H21NO2. The van der Waals surface area contributed by atoms with Gasteiger partial charge in [0.05, 0.1) is 18.8 Å². The molecular weight excluding hydrogens is 178 g/mol. The summed E-state index contributed by atoms with van der Waals surface area (Å²) in [7, 11) is 0. The Kier molecular flexibility index (Phi) is 3.42. The molecule has 2 fully saturated rings. The SMILES string of the molecule is CC1CC(OC2CCOC2)CC(C)N1. The predicted molar refractivity (Wildman–Crippen MR) is 55.4 cm³/mol. The van der Waals surface area contributed by atoms with Crippen molar-refractivity contribution in [3.05, 3.63) is 0 Å². The van der Waals surface area contributed by atoms with E-state index in [1.165, 1.54) is 0 Å². The number of nitrogens with one attached hydrogen (secondary N) is 1. The van der Waals surface area contributed by atoms with Gasteiger partial charge in [0.1, 0.15) is 0 Å². The van der Waals surface area contributed by atoms with Crippen molar-refractivity contribution >= 4 is 0 Å². The molecule has 2 rings (SSSR count). The highest BCUT2D eigenvalue weighted by Crippen LogP contribution is 2.20. The average Bonchev–Trinajstić information content (AvgIpc) is 2.54. The Morgan fingerprint density at radius 2 is 1.86 bits per heavy atom. The normalized spacial score (nSPS) is 44.1. The van der Waals surface area contributed by atoms with E-state index in [4.69, 9.17) is 9.47 Å². The van der Waals surface area contributed by atoms with E-state index < -0.39 is 0 Å². The van der Waals surface area contributed by atoms with Gasteiger partial charge in [0, 0.05) is 18.7 Å². The van der Waals surface area contributed by atoms with Crippen LogP contribution in [0.1, 0.15) is 33.1 Å². The molecule has 3 nitrogen and oxygen atoms in total. The third kappa shape index (κ3) is 2.69. The Hall–Kier alpha value is -0.120. The summed E-state index contributed by atoms with van der Waals surface area (Å²) in [6.07, 6.45) is 4.15. The van der Waals surface area contributed by atoms with Gasteiger partial charge in [0.15, 0.2) is 0 Å². The van der Waals surface area contributed by atoms with Crippen LogP contribution in [-0.4, -0.2) is 37.5 Å². The fourth-order valence-electron chi connectivity index (χ4n) is 2.51. The van der Waals surface area contributed by atoms with Crippen molar-refractivity contribution in [1.82, 2.24) is 5.32 Å². The van der Waals surface area contributed by atoms with E-state index in [9.17, 15) is 0 Å². The molecule has 3 heteroatoms. The van der Waals surface area contributed by atoms with Crippen LogP contribution in [0.4, 0.5) is 0 Å². The maximum Gasteiger partial charge on any atom is 0.0834 e. The van der Waals surface area contributed by atoms with Crippen LogP contribution in [0.5, 0.6) is 0 Å². The first-order valence-corrected chi connectivity index (χ1v) is 5.73. The van der Waals surface area contributed by atoms with E-state index >= 15 is 0 Å². The van der Waals surface area contributed by atoms with Crippen LogP contribution in [0.2, 0.25) is 0 Å². The average molecular weight is 199 g/mol. The molecule has 14 heavy (non-hydrogen) atoms. The lowest BCUT2D eigenvalue weighted by Crippen LogP contribution is -2.46. The quantitative estimate of drug-likeness (QED) is 0.727. The zero-order valence-electron chi connectivity index (χ0n) is 9.16. The van der Waals surface area contributed by atoms with Gasteiger partial charge in [-0.3, -0.25) is 0 Å². The van der Waals surface area contributed by atoms with Crippen LogP contribution < -0.4 is 5.32 Å². The molecule has 0 aliphatic carbocycles. The summed E-state index contributed by atoms with van der Waals surface area (Å²) >= 11 is 0. The Labute approximate surface area is 86.2 Å². The summed E-state index contributed by atoms with van der Waals surface area (Å²) in [6.45, 7) is 6.14. The zero-order valence-corrected chi connectivity index (χ0v) is 9.16. The summed E-state index contributed by atoms with van der Waals surface area (Å²) in [5, 5.41) is 3.52. The lowest BCUT2D eigenvalue weighted by atomic mass is 9.97. The number of hydrogen-bond acceptors (Lipinski definition) is 3. The molecule has 3 atom stereocenters. The van der Waals surface area contributed by atoms with Crippen LogP contribution in [0.25, 0.3) is 0 Å². The lowest BCUT2D eigenvalue weighted by Gasteiger charge is -2.34. The van der Waals surface area contributed by atoms with E-state index in [1.54, 1.807) is 0 Å². The molecule has 0 bridgehead atoms. The second-order valence-corrected chi connectivity index (χ2v) is 4.68. The van der Waals surface area contributed by atoms with Crippen LogP contribution in [-0.2, 0) is 9.47 Å². The highest BCUT2D eigenvalue weighted by Gasteiger charge is 2.27. The van der Waals surface area contributed by atoms with Crippen molar-refractivity contribution < 1.29 is 9.47 Å². The first-order chi connectivity index (χ1) is 6.74. The number of hydrogen-bond donors (Lipinski definition) is 1. The smallest absolute Gasteiger partial charge is 0.0834 e. The van der Waals surface area contributed by atoms with E-state index in [-0.39, 0.29) is 0 Å². The van der Waals surface area contributed by atoms with Crippen molar-refractivity contribution in [1.29, 1.82) is 0 Å². The van der Waals surface area contributed by atoms with E-state index in [2.05, 4.69) is 19.2 Å². The summed E-state index contributed by atoms with van der Waals surface area (Å²) in [6, 6.07) is 1.18. The van der Waals surface area contributed by atoms with Crippen molar-refractivity contribution in [2.45, 2.75) is 57.4 Å². The van der Waals surface area contributed by atoms with Crippen molar-refractivity contribution in [2.75, 3.05) is 13.2 Å². The summed E-state index contributed by atoms with van der Waals surface area (Å²) in [5.74, 6) is 0. The molecule has 2 aliphatic heterocycles. The second-order valence-electron chi connectivity index (χ2n) is 4.68. The van der Waals surface area contributed by atoms with Crippen molar-refractivity contribution in [2.24, 2.45) is 0 Å². The first-order valence-electron chi connectivity index (χ1n) is 5.73. The Bertz CT molecular complexity index is 170. The molecule has 0 aromatic carbocycles. The fraction of sp³-hybridized carbons (Fsp3) is 1.00. The largest absolute Gasteiger partial charge is 0.379 e. The number of ether oxygens (including phenoxy) is 2. The highest BCUT2D eigenvalue weighted by molar-refractivity contribution is 4.82.